The molecule has 0 aliphatic carbocycles. The van der Waals surface area contributed by atoms with Crippen LogP contribution in [0.1, 0.15) is 10.4 Å². The maximum absolute atomic E-state index is 13.3. The number of methoxy groups -OCH3 is 1. The van der Waals surface area contributed by atoms with Crippen molar-refractivity contribution in [2.24, 2.45) is 0 Å². The third kappa shape index (κ3) is 1.90. The van der Waals surface area contributed by atoms with Crippen molar-refractivity contribution < 1.29 is 13.9 Å². The number of anilines is 1. The van der Waals surface area contributed by atoms with Crippen LogP contribution in [0.4, 0.5) is 10.1 Å². The van der Waals surface area contributed by atoms with Crippen LogP contribution in [-0.2, 0) is 4.74 Å². The molecule has 0 saturated carbocycles. The fraction of sp³-hybridized carbons (Fsp3) is 0.125. The molecule has 0 atom stereocenters. The number of carbonyl (C=O) groups excluding carboxylic acids is 1. The Bertz CT molecular complexity index is 354. The van der Waals surface area contributed by atoms with Gasteiger partial charge >= 0.3 is 5.97 Å². The fourth-order valence-electron chi connectivity index (χ4n) is 0.875. The zero-order chi connectivity index (χ0) is 10.0. The van der Waals surface area contributed by atoms with Crippen LogP contribution in [0.5, 0.6) is 0 Å². The van der Waals surface area contributed by atoms with Gasteiger partial charge in [0.05, 0.1) is 7.11 Å². The van der Waals surface area contributed by atoms with E-state index in [1.165, 1.54) is 19.2 Å². The smallest absolute Gasteiger partial charge is 0.343 e. The quantitative estimate of drug-likeness (QED) is 0.488. The molecular formula is C8H7FINO2. The number of rotatable bonds is 1. The predicted molar refractivity (Wildman–Crippen MR) is 54.9 cm³/mol. The van der Waals surface area contributed by atoms with Crippen molar-refractivity contribution in [3.8, 4) is 0 Å². The number of halogens is 2. The van der Waals surface area contributed by atoms with Gasteiger partial charge in [0.1, 0.15) is 5.56 Å². The van der Waals surface area contributed by atoms with Crippen molar-refractivity contribution in [1.29, 1.82) is 0 Å². The van der Waals surface area contributed by atoms with E-state index in [2.05, 4.69) is 4.74 Å². The summed E-state index contributed by atoms with van der Waals surface area (Å²) in [6.07, 6.45) is 0. The average Bonchev–Trinajstić information content (AvgIpc) is 2.12. The Kier molecular flexibility index (Phi) is 3.07. The van der Waals surface area contributed by atoms with Crippen molar-refractivity contribution in [2.45, 2.75) is 0 Å². The van der Waals surface area contributed by atoms with Gasteiger partial charge in [0.2, 0.25) is 0 Å². The second-order valence-electron chi connectivity index (χ2n) is 2.32. The normalized spacial score (nSPS) is 9.77. The van der Waals surface area contributed by atoms with Gasteiger partial charge in [-0.05, 0) is 34.7 Å². The highest BCUT2D eigenvalue weighted by atomic mass is 127. The van der Waals surface area contributed by atoms with Crippen LogP contribution in [0.15, 0.2) is 12.1 Å². The van der Waals surface area contributed by atoms with Crippen molar-refractivity contribution >= 4 is 34.2 Å². The van der Waals surface area contributed by atoms with Crippen molar-refractivity contribution in [3.63, 3.8) is 0 Å². The van der Waals surface area contributed by atoms with E-state index in [0.29, 0.717) is 3.57 Å². The van der Waals surface area contributed by atoms with Gasteiger partial charge in [-0.3, -0.25) is 0 Å². The van der Waals surface area contributed by atoms with E-state index >= 15 is 0 Å². The summed E-state index contributed by atoms with van der Waals surface area (Å²) in [5, 5.41) is 0. The van der Waals surface area contributed by atoms with Crippen LogP contribution in [0.2, 0.25) is 0 Å². The van der Waals surface area contributed by atoms with Crippen LogP contribution < -0.4 is 5.73 Å². The lowest BCUT2D eigenvalue weighted by molar-refractivity contribution is 0.0596. The van der Waals surface area contributed by atoms with E-state index in [4.69, 9.17) is 5.73 Å². The molecule has 0 unspecified atom stereocenters. The van der Waals surface area contributed by atoms with Crippen LogP contribution in [-0.4, -0.2) is 13.1 Å². The van der Waals surface area contributed by atoms with Crippen molar-refractivity contribution in [2.75, 3.05) is 12.8 Å². The second kappa shape index (κ2) is 3.91. The Morgan fingerprint density at radius 1 is 1.62 bits per heavy atom. The van der Waals surface area contributed by atoms with E-state index in [1.807, 2.05) is 0 Å². The Hall–Kier alpha value is -0.850. The third-order valence-electron chi connectivity index (χ3n) is 1.52. The van der Waals surface area contributed by atoms with Gasteiger partial charge in [-0.2, -0.15) is 0 Å². The molecule has 70 valence electrons. The van der Waals surface area contributed by atoms with Crippen molar-refractivity contribution in [3.05, 3.63) is 27.1 Å². The number of nitrogen functional groups attached to an aromatic ring is 1. The minimum atomic E-state index is -0.756. The summed E-state index contributed by atoms with van der Waals surface area (Å²) in [7, 11) is 1.18. The molecule has 13 heavy (non-hydrogen) atoms. The van der Waals surface area contributed by atoms with Crippen LogP contribution in [0.25, 0.3) is 0 Å². The molecule has 0 spiro atoms. The number of carbonyl (C=O) groups is 1. The molecule has 1 aromatic rings. The highest BCUT2D eigenvalue weighted by Crippen LogP contribution is 2.21. The molecule has 5 heteroatoms. The van der Waals surface area contributed by atoms with Gasteiger partial charge in [0, 0.05) is 9.26 Å². The molecule has 0 aromatic heterocycles. The lowest BCUT2D eigenvalue weighted by Crippen LogP contribution is -2.09. The van der Waals surface area contributed by atoms with Gasteiger partial charge in [-0.1, -0.05) is 0 Å². The molecule has 0 saturated heterocycles. The lowest BCUT2D eigenvalue weighted by atomic mass is 10.2. The zero-order valence-corrected chi connectivity index (χ0v) is 8.96. The minimum Gasteiger partial charge on any atom is -0.465 e. The molecule has 0 radical (unpaired) electrons. The van der Waals surface area contributed by atoms with Crippen LogP contribution >= 0.6 is 22.6 Å². The maximum Gasteiger partial charge on any atom is 0.343 e. The standard InChI is InChI=1S/C8H7FINO2/c1-13-8(12)6-5(11)3-2-4(10)7(6)9/h2-3H,11H2,1H3. The lowest BCUT2D eigenvalue weighted by Gasteiger charge is -2.05. The van der Waals surface area contributed by atoms with Crippen LogP contribution in [0.3, 0.4) is 0 Å². The third-order valence-corrected chi connectivity index (χ3v) is 2.35. The van der Waals surface area contributed by atoms with Crippen molar-refractivity contribution in [1.82, 2.24) is 0 Å². The van der Waals surface area contributed by atoms with Gasteiger partial charge in [-0.15, -0.1) is 0 Å². The van der Waals surface area contributed by atoms with E-state index in [0.717, 1.165) is 0 Å². The SMILES string of the molecule is COC(=O)c1c(N)ccc(I)c1F. The summed E-state index contributed by atoms with van der Waals surface area (Å²) in [6, 6.07) is 2.97. The van der Waals surface area contributed by atoms with Gasteiger partial charge in [-0.25, -0.2) is 9.18 Å². The fourth-order valence-corrected chi connectivity index (χ4v) is 1.32. The first-order chi connectivity index (χ1) is 6.07. The van der Waals surface area contributed by atoms with Crippen LogP contribution in [0, 0.1) is 9.39 Å². The molecule has 1 rings (SSSR count). The first-order valence-corrected chi connectivity index (χ1v) is 4.47. The van der Waals surface area contributed by atoms with E-state index in [1.54, 1.807) is 22.6 Å². The summed E-state index contributed by atoms with van der Waals surface area (Å²) in [5.41, 5.74) is 5.31. The molecule has 2 N–H and O–H groups in total. The maximum atomic E-state index is 13.3. The first-order valence-electron chi connectivity index (χ1n) is 3.39. The molecule has 0 aliphatic rings. The second-order valence-corrected chi connectivity index (χ2v) is 3.48. The highest BCUT2D eigenvalue weighted by Gasteiger charge is 2.17. The zero-order valence-electron chi connectivity index (χ0n) is 6.80. The average molecular weight is 295 g/mol. The topological polar surface area (TPSA) is 52.3 Å². The summed E-state index contributed by atoms with van der Waals surface area (Å²) < 4.78 is 18.0. The van der Waals surface area contributed by atoms with E-state index < -0.39 is 11.8 Å². The summed E-state index contributed by atoms with van der Waals surface area (Å²) >= 11 is 1.78. The molecule has 3 nitrogen and oxygen atoms in total. The number of hydrogen-bond acceptors (Lipinski definition) is 3. The molecular weight excluding hydrogens is 288 g/mol. The monoisotopic (exact) mass is 295 g/mol. The molecule has 0 fully saturated rings. The number of esters is 1. The molecule has 0 heterocycles. The van der Waals surface area contributed by atoms with Gasteiger partial charge in [0.25, 0.3) is 0 Å². The Morgan fingerprint density at radius 2 is 2.23 bits per heavy atom. The highest BCUT2D eigenvalue weighted by molar-refractivity contribution is 14.1. The Morgan fingerprint density at radius 3 is 2.77 bits per heavy atom. The number of nitrogens with two attached hydrogens (primary N) is 1. The number of ether oxygens (including phenoxy) is 1. The van der Waals surface area contributed by atoms with E-state index in [-0.39, 0.29) is 11.3 Å². The molecule has 0 aliphatic heterocycles. The molecule has 0 amide bonds. The largest absolute Gasteiger partial charge is 0.465 e. The predicted octanol–water partition coefficient (Wildman–Crippen LogP) is 1.80. The first kappa shape index (κ1) is 10.2. The number of benzene rings is 1. The van der Waals surface area contributed by atoms with Gasteiger partial charge in [0.15, 0.2) is 5.82 Å². The minimum absolute atomic E-state index is 0.0877. The van der Waals surface area contributed by atoms with Gasteiger partial charge < -0.3 is 10.5 Å². The Balaban J connectivity index is 3.33. The summed E-state index contributed by atoms with van der Waals surface area (Å²) in [6.45, 7) is 0. The molecule has 0 bridgehead atoms. The Labute approximate surface area is 88.2 Å². The summed E-state index contributed by atoms with van der Waals surface area (Å²) in [5.74, 6) is -1.39. The summed E-state index contributed by atoms with van der Waals surface area (Å²) in [4.78, 5) is 11.1. The van der Waals surface area contributed by atoms with E-state index in [9.17, 15) is 9.18 Å². The number of hydrogen-bond donors (Lipinski definition) is 1. The molecule has 1 aromatic carbocycles.